The number of fused-ring (bicyclic) bond motifs is 1. The SMILES string of the molecule is Cc1cc(C)cc(OCCCn2c(C(C)NC(=O)c3cccc(C)c3)nc3ccccc32)c1. The van der Waals surface area contributed by atoms with Crippen molar-refractivity contribution in [3.8, 4) is 5.75 Å². The lowest BCUT2D eigenvalue weighted by Gasteiger charge is -2.17. The molecule has 1 atom stereocenters. The fourth-order valence-electron chi connectivity index (χ4n) is 4.22. The number of aryl methyl sites for hydroxylation is 4. The van der Waals surface area contributed by atoms with Crippen LogP contribution in [0, 0.1) is 20.8 Å². The zero-order valence-corrected chi connectivity index (χ0v) is 19.8. The van der Waals surface area contributed by atoms with Crippen LogP contribution in [0.15, 0.2) is 66.7 Å². The van der Waals surface area contributed by atoms with Gasteiger partial charge in [0.25, 0.3) is 5.91 Å². The van der Waals surface area contributed by atoms with Crippen LogP contribution < -0.4 is 10.1 Å². The summed E-state index contributed by atoms with van der Waals surface area (Å²) in [7, 11) is 0. The fraction of sp³-hybridized carbons (Fsp3) is 0.286. The second-order valence-electron chi connectivity index (χ2n) is 8.70. The molecule has 1 heterocycles. The number of rotatable bonds is 8. The predicted octanol–water partition coefficient (Wildman–Crippen LogP) is 5.92. The Morgan fingerprint density at radius 3 is 2.48 bits per heavy atom. The summed E-state index contributed by atoms with van der Waals surface area (Å²) in [4.78, 5) is 17.7. The molecule has 0 saturated heterocycles. The van der Waals surface area contributed by atoms with Gasteiger partial charge in [0.1, 0.15) is 11.6 Å². The van der Waals surface area contributed by atoms with Crippen molar-refractivity contribution < 1.29 is 9.53 Å². The van der Waals surface area contributed by atoms with Crippen molar-refractivity contribution in [1.82, 2.24) is 14.9 Å². The van der Waals surface area contributed by atoms with Gasteiger partial charge in [0.05, 0.1) is 23.7 Å². The van der Waals surface area contributed by atoms with Gasteiger partial charge in [-0.05, 0) is 81.6 Å². The lowest BCUT2D eigenvalue weighted by Crippen LogP contribution is -2.29. The van der Waals surface area contributed by atoms with Crippen LogP contribution in [0.25, 0.3) is 11.0 Å². The van der Waals surface area contributed by atoms with Crippen molar-refractivity contribution in [1.29, 1.82) is 0 Å². The molecule has 5 heteroatoms. The van der Waals surface area contributed by atoms with Gasteiger partial charge in [0.15, 0.2) is 0 Å². The summed E-state index contributed by atoms with van der Waals surface area (Å²) < 4.78 is 8.20. The first-order valence-electron chi connectivity index (χ1n) is 11.4. The van der Waals surface area contributed by atoms with E-state index in [0.717, 1.165) is 41.1 Å². The summed E-state index contributed by atoms with van der Waals surface area (Å²) in [5, 5.41) is 3.12. The van der Waals surface area contributed by atoms with E-state index in [4.69, 9.17) is 9.72 Å². The minimum absolute atomic E-state index is 0.0945. The molecule has 4 rings (SSSR count). The van der Waals surface area contributed by atoms with E-state index in [2.05, 4.69) is 48.0 Å². The van der Waals surface area contributed by atoms with E-state index in [9.17, 15) is 4.79 Å². The van der Waals surface area contributed by atoms with Crippen LogP contribution in [0.3, 0.4) is 0 Å². The predicted molar refractivity (Wildman–Crippen MR) is 133 cm³/mol. The molecule has 1 unspecified atom stereocenters. The Balaban J connectivity index is 1.48. The largest absolute Gasteiger partial charge is 0.494 e. The topological polar surface area (TPSA) is 56.1 Å². The quantitative estimate of drug-likeness (QED) is 0.345. The molecule has 1 amide bonds. The molecule has 0 bridgehead atoms. The Bertz CT molecular complexity index is 1260. The van der Waals surface area contributed by atoms with Crippen molar-refractivity contribution in [3.05, 3.63) is 94.8 Å². The third kappa shape index (κ3) is 5.43. The average Bonchev–Trinajstić information content (AvgIpc) is 3.15. The summed E-state index contributed by atoms with van der Waals surface area (Å²) in [6, 6.07) is 21.8. The van der Waals surface area contributed by atoms with Gasteiger partial charge in [0.2, 0.25) is 0 Å². The number of ether oxygens (including phenoxy) is 1. The molecule has 33 heavy (non-hydrogen) atoms. The van der Waals surface area contributed by atoms with Gasteiger partial charge in [-0.25, -0.2) is 4.98 Å². The third-order valence-corrected chi connectivity index (χ3v) is 5.69. The molecule has 170 valence electrons. The van der Waals surface area contributed by atoms with E-state index < -0.39 is 0 Å². The second kappa shape index (κ2) is 9.90. The van der Waals surface area contributed by atoms with Crippen LogP contribution in [-0.4, -0.2) is 22.1 Å². The number of hydrogen-bond acceptors (Lipinski definition) is 3. The smallest absolute Gasteiger partial charge is 0.251 e. The number of imidazole rings is 1. The molecule has 1 N–H and O–H groups in total. The van der Waals surface area contributed by atoms with Gasteiger partial charge in [0, 0.05) is 12.1 Å². The maximum atomic E-state index is 12.8. The Kier molecular flexibility index (Phi) is 6.78. The normalized spacial score (nSPS) is 12.0. The first kappa shape index (κ1) is 22.6. The molecule has 0 radical (unpaired) electrons. The van der Waals surface area contributed by atoms with Crippen molar-refractivity contribution in [2.75, 3.05) is 6.61 Å². The highest BCUT2D eigenvalue weighted by molar-refractivity contribution is 5.94. The molecule has 4 aromatic rings. The van der Waals surface area contributed by atoms with Crippen molar-refractivity contribution in [3.63, 3.8) is 0 Å². The fourth-order valence-corrected chi connectivity index (χ4v) is 4.22. The number of amides is 1. The molecular weight excluding hydrogens is 410 g/mol. The molecule has 0 fully saturated rings. The lowest BCUT2D eigenvalue weighted by molar-refractivity contribution is 0.0937. The van der Waals surface area contributed by atoms with Crippen LogP contribution in [0.5, 0.6) is 5.75 Å². The second-order valence-corrected chi connectivity index (χ2v) is 8.70. The average molecular weight is 442 g/mol. The number of benzene rings is 3. The van der Waals surface area contributed by atoms with Gasteiger partial charge >= 0.3 is 0 Å². The lowest BCUT2D eigenvalue weighted by atomic mass is 10.1. The van der Waals surface area contributed by atoms with Crippen LogP contribution >= 0.6 is 0 Å². The summed E-state index contributed by atoms with van der Waals surface area (Å²) in [6.45, 7) is 9.49. The first-order chi connectivity index (χ1) is 15.9. The number of carbonyl (C=O) groups is 1. The number of para-hydroxylation sites is 2. The van der Waals surface area contributed by atoms with Gasteiger partial charge in [-0.1, -0.05) is 35.9 Å². The number of carbonyl (C=O) groups excluding carboxylic acids is 1. The minimum atomic E-state index is -0.231. The molecule has 0 aliphatic heterocycles. The number of nitrogens with one attached hydrogen (secondary N) is 1. The number of nitrogens with zero attached hydrogens (tertiary/aromatic N) is 2. The molecule has 0 saturated carbocycles. The number of hydrogen-bond donors (Lipinski definition) is 1. The van der Waals surface area contributed by atoms with Gasteiger partial charge in [-0.2, -0.15) is 0 Å². The number of aromatic nitrogens is 2. The molecule has 0 aliphatic carbocycles. The summed E-state index contributed by atoms with van der Waals surface area (Å²) in [5.74, 6) is 1.66. The Hall–Kier alpha value is -3.60. The van der Waals surface area contributed by atoms with E-state index in [1.807, 2.05) is 56.3 Å². The van der Waals surface area contributed by atoms with E-state index >= 15 is 0 Å². The third-order valence-electron chi connectivity index (χ3n) is 5.69. The van der Waals surface area contributed by atoms with Gasteiger partial charge in [-0.15, -0.1) is 0 Å². The van der Waals surface area contributed by atoms with E-state index in [1.165, 1.54) is 11.1 Å². The minimum Gasteiger partial charge on any atom is -0.494 e. The van der Waals surface area contributed by atoms with Crippen molar-refractivity contribution in [2.45, 2.75) is 46.7 Å². The van der Waals surface area contributed by atoms with Gasteiger partial charge < -0.3 is 14.6 Å². The summed E-state index contributed by atoms with van der Waals surface area (Å²) in [5.41, 5.74) is 6.12. The standard InChI is InChI=1S/C28H31N3O2/c1-19-9-7-10-23(16-19)28(32)29-22(4)27-30-25-11-5-6-12-26(25)31(27)13-8-14-33-24-17-20(2)15-21(3)18-24/h5-7,9-12,15-18,22H,8,13-14H2,1-4H3,(H,29,32). The molecule has 0 spiro atoms. The van der Waals surface area contributed by atoms with E-state index in [1.54, 1.807) is 0 Å². The molecule has 3 aromatic carbocycles. The maximum absolute atomic E-state index is 12.8. The molecule has 5 nitrogen and oxygen atoms in total. The summed E-state index contributed by atoms with van der Waals surface area (Å²) >= 11 is 0. The monoisotopic (exact) mass is 441 g/mol. The molecule has 1 aromatic heterocycles. The molecule has 0 aliphatic rings. The highest BCUT2D eigenvalue weighted by Crippen LogP contribution is 2.22. The van der Waals surface area contributed by atoms with Crippen LogP contribution in [0.2, 0.25) is 0 Å². The van der Waals surface area contributed by atoms with Crippen LogP contribution in [0.4, 0.5) is 0 Å². The summed E-state index contributed by atoms with van der Waals surface area (Å²) in [6.07, 6.45) is 0.832. The van der Waals surface area contributed by atoms with E-state index in [-0.39, 0.29) is 11.9 Å². The first-order valence-corrected chi connectivity index (χ1v) is 11.4. The van der Waals surface area contributed by atoms with Crippen molar-refractivity contribution in [2.24, 2.45) is 0 Å². The van der Waals surface area contributed by atoms with Crippen molar-refractivity contribution >= 4 is 16.9 Å². The Morgan fingerprint density at radius 1 is 0.970 bits per heavy atom. The van der Waals surface area contributed by atoms with Crippen LogP contribution in [-0.2, 0) is 6.54 Å². The highest BCUT2D eigenvalue weighted by Gasteiger charge is 2.19. The maximum Gasteiger partial charge on any atom is 0.251 e. The zero-order chi connectivity index (χ0) is 23.4. The highest BCUT2D eigenvalue weighted by atomic mass is 16.5. The van der Waals surface area contributed by atoms with Crippen LogP contribution in [0.1, 0.15) is 52.3 Å². The molecular formula is C28H31N3O2. The Labute approximate surface area is 195 Å². The zero-order valence-electron chi connectivity index (χ0n) is 19.8. The van der Waals surface area contributed by atoms with Gasteiger partial charge in [-0.3, -0.25) is 4.79 Å². The van der Waals surface area contributed by atoms with E-state index in [0.29, 0.717) is 12.2 Å². The Morgan fingerprint density at radius 2 is 1.73 bits per heavy atom.